The maximum absolute atomic E-state index is 11.6. The van der Waals surface area contributed by atoms with Crippen LogP contribution in [0.3, 0.4) is 0 Å². The van der Waals surface area contributed by atoms with Crippen molar-refractivity contribution in [1.82, 2.24) is 20.2 Å². The monoisotopic (exact) mass is 320 g/mol. The lowest BCUT2D eigenvalue weighted by Gasteiger charge is -2.22. The fourth-order valence-electron chi connectivity index (χ4n) is 2.62. The van der Waals surface area contributed by atoms with Gasteiger partial charge in [-0.05, 0) is 19.3 Å². The zero-order chi connectivity index (χ0) is 16.8. The van der Waals surface area contributed by atoms with Crippen molar-refractivity contribution in [2.45, 2.75) is 38.6 Å². The molecule has 2 heterocycles. The number of carbonyl (C=O) groups excluding carboxylic acids is 2. The molecule has 2 rings (SSSR count). The molecule has 0 aromatic carbocycles. The normalized spacial score (nSPS) is 17.1. The van der Waals surface area contributed by atoms with Crippen LogP contribution in [-0.2, 0) is 20.8 Å². The summed E-state index contributed by atoms with van der Waals surface area (Å²) in [6.45, 7) is 1.91. The molecule has 8 nitrogen and oxygen atoms in total. The molecule has 0 bridgehead atoms. The summed E-state index contributed by atoms with van der Waals surface area (Å²) in [6.07, 6.45) is 5.64. The van der Waals surface area contributed by atoms with Gasteiger partial charge in [0.15, 0.2) is 0 Å². The molecule has 1 aromatic heterocycles. The molecule has 2 amide bonds. The van der Waals surface area contributed by atoms with Gasteiger partial charge in [-0.1, -0.05) is 0 Å². The average molecular weight is 320 g/mol. The van der Waals surface area contributed by atoms with Crippen LogP contribution in [-0.4, -0.2) is 50.8 Å². The van der Waals surface area contributed by atoms with Gasteiger partial charge >= 0.3 is 5.97 Å². The van der Waals surface area contributed by atoms with Gasteiger partial charge in [0.05, 0.1) is 23.6 Å². The predicted octanol–water partition coefficient (Wildman–Crippen LogP) is 0.293. The number of amides is 2. The number of likely N-dealkylation sites (tertiary alicyclic amines) is 1. The van der Waals surface area contributed by atoms with E-state index in [1.54, 1.807) is 24.2 Å². The smallest absolute Gasteiger partial charge is 0.322 e. The first kappa shape index (κ1) is 16.9. The molecular weight excluding hydrogens is 300 g/mol. The molecule has 1 aromatic rings. The van der Waals surface area contributed by atoms with Crippen molar-refractivity contribution >= 4 is 17.8 Å². The highest BCUT2D eigenvalue weighted by Gasteiger charge is 2.28. The Morgan fingerprint density at radius 1 is 1.35 bits per heavy atom. The zero-order valence-corrected chi connectivity index (χ0v) is 13.0. The van der Waals surface area contributed by atoms with Crippen molar-refractivity contribution < 1.29 is 19.5 Å². The van der Waals surface area contributed by atoms with E-state index in [9.17, 15) is 14.4 Å². The van der Waals surface area contributed by atoms with Gasteiger partial charge in [-0.15, -0.1) is 0 Å². The third-order valence-electron chi connectivity index (χ3n) is 3.77. The van der Waals surface area contributed by atoms with Crippen LogP contribution < -0.4 is 5.32 Å². The summed E-state index contributed by atoms with van der Waals surface area (Å²) >= 11 is 0. The molecule has 2 N–H and O–H groups in total. The van der Waals surface area contributed by atoms with Gasteiger partial charge in [0.2, 0.25) is 11.8 Å². The summed E-state index contributed by atoms with van der Waals surface area (Å²) in [4.78, 5) is 43.8. The zero-order valence-electron chi connectivity index (χ0n) is 13.0. The van der Waals surface area contributed by atoms with Crippen molar-refractivity contribution in [3.63, 3.8) is 0 Å². The van der Waals surface area contributed by atoms with Crippen LogP contribution in [0, 0.1) is 0 Å². The van der Waals surface area contributed by atoms with E-state index in [-0.39, 0.29) is 30.8 Å². The molecule has 0 radical (unpaired) electrons. The second-order valence-corrected chi connectivity index (χ2v) is 5.47. The minimum atomic E-state index is -1.07. The van der Waals surface area contributed by atoms with Crippen LogP contribution in [0.25, 0.3) is 0 Å². The third kappa shape index (κ3) is 4.73. The SMILES string of the molecule is CC(=O)N1CCCC1c1cnc(CCC(=O)NCC(=O)O)cn1. The molecule has 0 saturated carbocycles. The quantitative estimate of drug-likeness (QED) is 0.779. The topological polar surface area (TPSA) is 112 Å². The number of aliphatic carboxylic acids is 1. The number of carboxylic acids is 1. The van der Waals surface area contributed by atoms with E-state index in [2.05, 4.69) is 15.3 Å². The highest BCUT2D eigenvalue weighted by molar-refractivity contribution is 5.81. The molecule has 124 valence electrons. The molecule has 1 saturated heterocycles. The molecule has 23 heavy (non-hydrogen) atoms. The Bertz CT molecular complexity index is 588. The lowest BCUT2D eigenvalue weighted by molar-refractivity contribution is -0.138. The Balaban J connectivity index is 1.88. The van der Waals surface area contributed by atoms with Crippen molar-refractivity contribution in [1.29, 1.82) is 0 Å². The van der Waals surface area contributed by atoms with Crippen molar-refractivity contribution in [3.05, 3.63) is 23.8 Å². The average Bonchev–Trinajstić information content (AvgIpc) is 3.01. The Kier molecular flexibility index (Phi) is 5.61. The first-order chi connectivity index (χ1) is 11.0. The number of nitrogens with zero attached hydrogens (tertiary/aromatic N) is 3. The van der Waals surface area contributed by atoms with E-state index in [1.165, 1.54) is 0 Å². The molecule has 0 aliphatic carbocycles. The summed E-state index contributed by atoms with van der Waals surface area (Å²) in [5.74, 6) is -1.38. The van der Waals surface area contributed by atoms with Crippen LogP contribution in [0.15, 0.2) is 12.4 Å². The van der Waals surface area contributed by atoms with Gasteiger partial charge in [0.1, 0.15) is 6.54 Å². The Hall–Kier alpha value is -2.51. The lowest BCUT2D eigenvalue weighted by Crippen LogP contribution is -2.29. The predicted molar refractivity (Wildman–Crippen MR) is 80.4 cm³/mol. The molecule has 1 unspecified atom stereocenters. The second-order valence-electron chi connectivity index (χ2n) is 5.47. The number of aromatic nitrogens is 2. The van der Waals surface area contributed by atoms with Gasteiger partial charge in [0.25, 0.3) is 0 Å². The van der Waals surface area contributed by atoms with Crippen LogP contribution in [0.1, 0.15) is 43.6 Å². The fourth-order valence-corrected chi connectivity index (χ4v) is 2.62. The Morgan fingerprint density at radius 3 is 2.74 bits per heavy atom. The first-order valence-corrected chi connectivity index (χ1v) is 7.54. The van der Waals surface area contributed by atoms with Crippen LogP contribution >= 0.6 is 0 Å². The molecule has 1 aliphatic heterocycles. The number of carboxylic acid groups (broad SMARTS) is 1. The highest BCUT2D eigenvalue weighted by Crippen LogP contribution is 2.30. The van der Waals surface area contributed by atoms with Gasteiger partial charge in [-0.2, -0.15) is 0 Å². The number of aryl methyl sites for hydroxylation is 1. The molecule has 0 spiro atoms. The fraction of sp³-hybridized carbons (Fsp3) is 0.533. The first-order valence-electron chi connectivity index (χ1n) is 7.54. The minimum absolute atomic E-state index is 0.0204. The number of hydrogen-bond donors (Lipinski definition) is 2. The highest BCUT2D eigenvalue weighted by atomic mass is 16.4. The summed E-state index contributed by atoms with van der Waals surface area (Å²) in [5.41, 5.74) is 1.42. The van der Waals surface area contributed by atoms with Crippen LogP contribution in [0.4, 0.5) is 0 Å². The molecule has 1 atom stereocenters. The van der Waals surface area contributed by atoms with E-state index in [0.717, 1.165) is 25.1 Å². The maximum atomic E-state index is 11.6. The largest absolute Gasteiger partial charge is 0.480 e. The summed E-state index contributed by atoms with van der Waals surface area (Å²) in [7, 11) is 0. The summed E-state index contributed by atoms with van der Waals surface area (Å²) in [5, 5.41) is 10.8. The van der Waals surface area contributed by atoms with E-state index in [4.69, 9.17) is 5.11 Å². The van der Waals surface area contributed by atoms with Crippen LogP contribution in [0.5, 0.6) is 0 Å². The molecule has 8 heteroatoms. The second kappa shape index (κ2) is 7.66. The van der Waals surface area contributed by atoms with Crippen molar-refractivity contribution in [2.24, 2.45) is 0 Å². The van der Waals surface area contributed by atoms with Crippen molar-refractivity contribution in [3.8, 4) is 0 Å². The summed E-state index contributed by atoms with van der Waals surface area (Å²) in [6, 6.07) is -0.0204. The Labute approximate surface area is 133 Å². The van der Waals surface area contributed by atoms with Crippen LogP contribution in [0.2, 0.25) is 0 Å². The number of rotatable bonds is 6. The van der Waals surface area contributed by atoms with Gasteiger partial charge < -0.3 is 15.3 Å². The number of nitrogens with one attached hydrogen (secondary N) is 1. The number of hydrogen-bond acceptors (Lipinski definition) is 5. The summed E-state index contributed by atoms with van der Waals surface area (Å²) < 4.78 is 0. The molecule has 1 fully saturated rings. The van der Waals surface area contributed by atoms with Gasteiger partial charge in [-0.3, -0.25) is 24.4 Å². The number of carbonyl (C=O) groups is 3. The maximum Gasteiger partial charge on any atom is 0.322 e. The van der Waals surface area contributed by atoms with E-state index in [0.29, 0.717) is 12.1 Å². The molecule has 1 aliphatic rings. The third-order valence-corrected chi connectivity index (χ3v) is 3.77. The molecular formula is C15H20N4O4. The minimum Gasteiger partial charge on any atom is -0.480 e. The van der Waals surface area contributed by atoms with E-state index in [1.807, 2.05) is 0 Å². The van der Waals surface area contributed by atoms with Crippen molar-refractivity contribution in [2.75, 3.05) is 13.1 Å². The lowest BCUT2D eigenvalue weighted by atomic mass is 10.1. The Morgan fingerprint density at radius 2 is 2.13 bits per heavy atom. The van der Waals surface area contributed by atoms with E-state index >= 15 is 0 Å². The standard InChI is InChI=1S/C15H20N4O4/c1-10(20)19-6-2-3-13(19)12-8-16-11(7-17-12)4-5-14(21)18-9-15(22)23/h7-8,13H,2-6,9H2,1H3,(H,18,21)(H,22,23). The van der Waals surface area contributed by atoms with E-state index < -0.39 is 5.97 Å². The van der Waals surface area contributed by atoms with Gasteiger partial charge in [0, 0.05) is 26.1 Å². The van der Waals surface area contributed by atoms with Gasteiger partial charge in [-0.25, -0.2) is 0 Å².